The Bertz CT molecular complexity index is 223. The van der Waals surface area contributed by atoms with Crippen LogP contribution >= 0.6 is 0 Å². The van der Waals surface area contributed by atoms with E-state index in [2.05, 4.69) is 10.2 Å². The van der Waals surface area contributed by atoms with Crippen molar-refractivity contribution in [1.29, 1.82) is 0 Å². The molecule has 1 saturated heterocycles. The van der Waals surface area contributed by atoms with E-state index >= 15 is 0 Å². The Labute approximate surface area is 106 Å². The van der Waals surface area contributed by atoms with Gasteiger partial charge in [-0.3, -0.25) is 0 Å². The van der Waals surface area contributed by atoms with Crippen molar-refractivity contribution in [2.24, 2.45) is 11.8 Å². The van der Waals surface area contributed by atoms with Crippen molar-refractivity contribution in [2.75, 3.05) is 26.2 Å². The molecular formula is C15H28N2. The molecule has 0 aromatic rings. The van der Waals surface area contributed by atoms with E-state index in [1.165, 1.54) is 77.5 Å². The monoisotopic (exact) mass is 236 g/mol. The van der Waals surface area contributed by atoms with E-state index in [0.717, 1.165) is 17.9 Å². The highest BCUT2D eigenvalue weighted by molar-refractivity contribution is 4.88. The minimum Gasteiger partial charge on any atom is -0.313 e. The maximum atomic E-state index is 3.77. The fourth-order valence-electron chi connectivity index (χ4n) is 4.25. The molecule has 1 N–H and O–H groups in total. The Kier molecular flexibility index (Phi) is 4.02. The van der Waals surface area contributed by atoms with E-state index in [0.29, 0.717) is 0 Å². The number of hydrogen-bond acceptors (Lipinski definition) is 2. The molecule has 2 aliphatic carbocycles. The SMILES string of the molecule is C1CCC(NCCN2CC3CCCC3C2)CC1. The lowest BCUT2D eigenvalue weighted by Gasteiger charge is -2.24. The molecule has 2 nitrogen and oxygen atoms in total. The second-order valence-corrected chi connectivity index (χ2v) is 6.50. The van der Waals surface area contributed by atoms with Gasteiger partial charge >= 0.3 is 0 Å². The van der Waals surface area contributed by atoms with Crippen LogP contribution in [0.15, 0.2) is 0 Å². The summed E-state index contributed by atoms with van der Waals surface area (Å²) >= 11 is 0. The number of hydrogen-bond donors (Lipinski definition) is 1. The van der Waals surface area contributed by atoms with Crippen LogP contribution in [-0.2, 0) is 0 Å². The zero-order valence-electron chi connectivity index (χ0n) is 11.2. The van der Waals surface area contributed by atoms with Crippen LogP contribution in [0, 0.1) is 11.8 Å². The second kappa shape index (κ2) is 5.71. The molecular weight excluding hydrogens is 208 g/mol. The molecule has 1 heterocycles. The van der Waals surface area contributed by atoms with Gasteiger partial charge in [-0.1, -0.05) is 25.7 Å². The normalized spacial score (nSPS) is 35.3. The van der Waals surface area contributed by atoms with Crippen LogP contribution in [-0.4, -0.2) is 37.1 Å². The summed E-state index contributed by atoms with van der Waals surface area (Å²) in [6, 6.07) is 0.839. The van der Waals surface area contributed by atoms with Gasteiger partial charge in [-0.25, -0.2) is 0 Å². The van der Waals surface area contributed by atoms with Crippen LogP contribution in [0.3, 0.4) is 0 Å². The lowest BCUT2D eigenvalue weighted by atomic mass is 9.95. The zero-order chi connectivity index (χ0) is 11.5. The topological polar surface area (TPSA) is 15.3 Å². The first kappa shape index (κ1) is 12.0. The minimum absolute atomic E-state index is 0.839. The predicted molar refractivity (Wildman–Crippen MR) is 72.1 cm³/mol. The number of nitrogens with one attached hydrogen (secondary N) is 1. The molecule has 98 valence electrons. The lowest BCUT2D eigenvalue weighted by molar-refractivity contribution is 0.290. The molecule has 2 atom stereocenters. The molecule has 0 spiro atoms. The van der Waals surface area contributed by atoms with Crippen LogP contribution in [0.1, 0.15) is 51.4 Å². The van der Waals surface area contributed by atoms with Gasteiger partial charge in [0.15, 0.2) is 0 Å². The van der Waals surface area contributed by atoms with Gasteiger partial charge in [0.1, 0.15) is 0 Å². The van der Waals surface area contributed by atoms with Crippen LogP contribution in [0.25, 0.3) is 0 Å². The second-order valence-electron chi connectivity index (χ2n) is 6.50. The highest BCUT2D eigenvalue weighted by atomic mass is 15.2. The first-order valence-electron chi connectivity index (χ1n) is 7.87. The highest BCUT2D eigenvalue weighted by Gasteiger charge is 2.35. The van der Waals surface area contributed by atoms with E-state index < -0.39 is 0 Å². The molecule has 2 unspecified atom stereocenters. The van der Waals surface area contributed by atoms with Crippen molar-refractivity contribution in [3.63, 3.8) is 0 Å². The van der Waals surface area contributed by atoms with Crippen molar-refractivity contribution in [3.8, 4) is 0 Å². The van der Waals surface area contributed by atoms with Crippen LogP contribution in [0.5, 0.6) is 0 Å². The van der Waals surface area contributed by atoms with Gasteiger partial charge in [-0.05, 0) is 37.5 Å². The summed E-state index contributed by atoms with van der Waals surface area (Å²) in [6.45, 7) is 5.32. The number of likely N-dealkylation sites (tertiary alicyclic amines) is 1. The van der Waals surface area contributed by atoms with E-state index in [1.807, 2.05) is 0 Å². The number of nitrogens with zero attached hydrogens (tertiary/aromatic N) is 1. The van der Waals surface area contributed by atoms with Gasteiger partial charge in [0.2, 0.25) is 0 Å². The lowest BCUT2D eigenvalue weighted by Crippen LogP contribution is -2.37. The summed E-state index contributed by atoms with van der Waals surface area (Å²) in [5, 5.41) is 3.77. The van der Waals surface area contributed by atoms with Crippen LogP contribution in [0.4, 0.5) is 0 Å². The first-order valence-corrected chi connectivity index (χ1v) is 7.87. The Morgan fingerprint density at radius 1 is 0.824 bits per heavy atom. The maximum Gasteiger partial charge on any atom is 0.0107 e. The van der Waals surface area contributed by atoms with Crippen molar-refractivity contribution in [3.05, 3.63) is 0 Å². The summed E-state index contributed by atoms with van der Waals surface area (Å²) in [4.78, 5) is 2.71. The molecule has 2 heteroatoms. The van der Waals surface area contributed by atoms with Crippen LogP contribution < -0.4 is 5.32 Å². The fourth-order valence-corrected chi connectivity index (χ4v) is 4.25. The molecule has 0 bridgehead atoms. The summed E-state index contributed by atoms with van der Waals surface area (Å²) in [5.74, 6) is 2.12. The molecule has 0 aromatic carbocycles. The van der Waals surface area contributed by atoms with E-state index in [-0.39, 0.29) is 0 Å². The summed E-state index contributed by atoms with van der Waals surface area (Å²) < 4.78 is 0. The smallest absolute Gasteiger partial charge is 0.0107 e. The molecule has 1 aliphatic heterocycles. The summed E-state index contributed by atoms with van der Waals surface area (Å²) in [6.07, 6.45) is 11.7. The van der Waals surface area contributed by atoms with E-state index in [9.17, 15) is 0 Å². The third-order valence-electron chi connectivity index (χ3n) is 5.27. The minimum atomic E-state index is 0.839. The first-order chi connectivity index (χ1) is 8.42. The number of rotatable bonds is 4. The molecule has 3 fully saturated rings. The average Bonchev–Trinajstić information content (AvgIpc) is 2.91. The van der Waals surface area contributed by atoms with Gasteiger partial charge in [0.05, 0.1) is 0 Å². The van der Waals surface area contributed by atoms with Crippen molar-refractivity contribution >= 4 is 0 Å². The van der Waals surface area contributed by atoms with Gasteiger partial charge in [-0.15, -0.1) is 0 Å². The maximum absolute atomic E-state index is 3.77. The van der Waals surface area contributed by atoms with E-state index in [1.54, 1.807) is 0 Å². The molecule has 0 aromatic heterocycles. The molecule has 2 saturated carbocycles. The van der Waals surface area contributed by atoms with Gasteiger partial charge < -0.3 is 10.2 Å². The van der Waals surface area contributed by atoms with Gasteiger partial charge in [-0.2, -0.15) is 0 Å². The third kappa shape index (κ3) is 3.03. The largest absolute Gasteiger partial charge is 0.313 e. The van der Waals surface area contributed by atoms with E-state index in [4.69, 9.17) is 0 Å². The molecule has 17 heavy (non-hydrogen) atoms. The molecule has 0 amide bonds. The highest BCUT2D eigenvalue weighted by Crippen LogP contribution is 2.37. The Morgan fingerprint density at radius 3 is 2.24 bits per heavy atom. The zero-order valence-corrected chi connectivity index (χ0v) is 11.2. The van der Waals surface area contributed by atoms with Crippen molar-refractivity contribution < 1.29 is 0 Å². The predicted octanol–water partition coefficient (Wildman–Crippen LogP) is 2.64. The fraction of sp³-hybridized carbons (Fsp3) is 1.00. The summed E-state index contributed by atoms with van der Waals surface area (Å²) in [7, 11) is 0. The Balaban J connectivity index is 1.32. The quantitative estimate of drug-likeness (QED) is 0.807. The Morgan fingerprint density at radius 2 is 1.53 bits per heavy atom. The third-order valence-corrected chi connectivity index (χ3v) is 5.27. The Hall–Kier alpha value is -0.0800. The average molecular weight is 236 g/mol. The number of fused-ring (bicyclic) bond motifs is 1. The molecule has 3 aliphatic rings. The summed E-state index contributed by atoms with van der Waals surface area (Å²) in [5.41, 5.74) is 0. The molecule has 3 rings (SSSR count). The standard InChI is InChI=1S/C15H28N2/c1-2-7-15(8-3-1)16-9-10-17-11-13-5-4-6-14(13)12-17/h13-16H,1-12H2. The molecule has 0 radical (unpaired) electrons. The van der Waals surface area contributed by atoms with Crippen molar-refractivity contribution in [1.82, 2.24) is 10.2 Å². The van der Waals surface area contributed by atoms with Gasteiger partial charge in [0, 0.05) is 32.2 Å². The van der Waals surface area contributed by atoms with Crippen LogP contribution in [0.2, 0.25) is 0 Å². The van der Waals surface area contributed by atoms with Crippen molar-refractivity contribution in [2.45, 2.75) is 57.4 Å². The van der Waals surface area contributed by atoms with Gasteiger partial charge in [0.25, 0.3) is 0 Å².